The first-order valence-corrected chi connectivity index (χ1v) is 5.71. The van der Waals surface area contributed by atoms with Gasteiger partial charge in [0.1, 0.15) is 11.6 Å². The summed E-state index contributed by atoms with van der Waals surface area (Å²) in [4.78, 5) is 0. The summed E-state index contributed by atoms with van der Waals surface area (Å²) in [5.74, 6) is 0.495. The van der Waals surface area contributed by atoms with E-state index < -0.39 is 0 Å². The van der Waals surface area contributed by atoms with Crippen molar-refractivity contribution >= 4 is 21.6 Å². The zero-order chi connectivity index (χ0) is 11.5. The Hall–Kier alpha value is -1.29. The van der Waals surface area contributed by atoms with Crippen molar-refractivity contribution in [2.75, 3.05) is 5.32 Å². The molecule has 16 heavy (non-hydrogen) atoms. The minimum Gasteiger partial charge on any atom is -0.467 e. The zero-order valence-electron chi connectivity index (χ0n) is 8.71. The Morgan fingerprint density at radius 3 is 2.81 bits per heavy atom. The number of rotatable bonds is 3. The molecule has 0 radical (unpaired) electrons. The minimum atomic E-state index is -0.284. The van der Waals surface area contributed by atoms with Gasteiger partial charge in [0, 0.05) is 4.47 Å². The lowest BCUT2D eigenvalue weighted by Crippen LogP contribution is -2.06. The van der Waals surface area contributed by atoms with E-state index in [0.717, 1.165) is 10.2 Å². The molecule has 0 aliphatic heterocycles. The molecule has 1 heterocycles. The molecule has 1 atom stereocenters. The first-order chi connectivity index (χ1) is 7.66. The van der Waals surface area contributed by atoms with E-state index in [1.807, 2.05) is 19.1 Å². The lowest BCUT2D eigenvalue weighted by atomic mass is 10.2. The van der Waals surface area contributed by atoms with E-state index in [9.17, 15) is 4.39 Å². The summed E-state index contributed by atoms with van der Waals surface area (Å²) >= 11 is 3.21. The lowest BCUT2D eigenvalue weighted by Gasteiger charge is -2.13. The Morgan fingerprint density at radius 1 is 1.38 bits per heavy atom. The second-order valence-corrected chi connectivity index (χ2v) is 4.42. The van der Waals surface area contributed by atoms with Crippen molar-refractivity contribution in [1.29, 1.82) is 0 Å². The molecule has 0 fully saturated rings. The molecule has 0 saturated heterocycles. The number of anilines is 1. The molecule has 1 aromatic heterocycles. The van der Waals surface area contributed by atoms with Crippen LogP contribution in [0.3, 0.4) is 0 Å². The summed E-state index contributed by atoms with van der Waals surface area (Å²) in [6.07, 6.45) is 1.60. The standard InChI is InChI=1S/C12H11BrFNO/c1-8(12-3-2-6-16-12)15-11-5-4-9(13)7-10(11)14/h2-8,15H,1H3. The number of nitrogens with one attached hydrogen (secondary N) is 1. The van der Waals surface area contributed by atoms with Crippen molar-refractivity contribution in [2.24, 2.45) is 0 Å². The van der Waals surface area contributed by atoms with Gasteiger partial charge in [0.2, 0.25) is 0 Å². The average Bonchev–Trinajstić information content (AvgIpc) is 2.75. The van der Waals surface area contributed by atoms with Crippen LogP contribution in [0.4, 0.5) is 10.1 Å². The molecule has 1 aromatic carbocycles. The molecule has 0 bridgehead atoms. The van der Waals surface area contributed by atoms with Crippen molar-refractivity contribution in [1.82, 2.24) is 0 Å². The Bertz CT molecular complexity index is 470. The third kappa shape index (κ3) is 2.44. The summed E-state index contributed by atoms with van der Waals surface area (Å²) in [6.45, 7) is 1.92. The molecular weight excluding hydrogens is 273 g/mol. The quantitative estimate of drug-likeness (QED) is 0.906. The summed E-state index contributed by atoms with van der Waals surface area (Å²) in [7, 11) is 0. The van der Waals surface area contributed by atoms with E-state index in [0.29, 0.717) is 5.69 Å². The maximum Gasteiger partial charge on any atom is 0.147 e. The van der Waals surface area contributed by atoms with Crippen LogP contribution in [0.5, 0.6) is 0 Å². The number of hydrogen-bond donors (Lipinski definition) is 1. The van der Waals surface area contributed by atoms with Crippen LogP contribution in [0.1, 0.15) is 18.7 Å². The number of benzene rings is 1. The van der Waals surface area contributed by atoms with Gasteiger partial charge in [-0.05, 0) is 37.3 Å². The van der Waals surface area contributed by atoms with Gasteiger partial charge in [-0.1, -0.05) is 15.9 Å². The fourth-order valence-electron chi connectivity index (χ4n) is 1.45. The lowest BCUT2D eigenvalue weighted by molar-refractivity contribution is 0.489. The van der Waals surface area contributed by atoms with Gasteiger partial charge >= 0.3 is 0 Å². The third-order valence-electron chi connectivity index (χ3n) is 2.27. The van der Waals surface area contributed by atoms with E-state index in [1.165, 1.54) is 6.07 Å². The Labute approximate surface area is 102 Å². The van der Waals surface area contributed by atoms with Gasteiger partial charge in [-0.15, -0.1) is 0 Å². The van der Waals surface area contributed by atoms with Crippen molar-refractivity contribution in [3.05, 3.63) is 52.6 Å². The van der Waals surface area contributed by atoms with Gasteiger partial charge in [-0.2, -0.15) is 0 Å². The summed E-state index contributed by atoms with van der Waals surface area (Å²) in [5, 5.41) is 3.05. The molecule has 0 aliphatic carbocycles. The first-order valence-electron chi connectivity index (χ1n) is 4.92. The fraction of sp³-hybridized carbons (Fsp3) is 0.167. The molecule has 2 aromatic rings. The van der Waals surface area contributed by atoms with Crippen LogP contribution in [-0.4, -0.2) is 0 Å². The third-order valence-corrected chi connectivity index (χ3v) is 2.77. The molecule has 0 amide bonds. The molecule has 2 nitrogen and oxygen atoms in total. The molecule has 4 heteroatoms. The first kappa shape index (κ1) is 11.2. The molecule has 0 spiro atoms. The molecule has 1 N–H and O–H groups in total. The Balaban J connectivity index is 2.15. The normalized spacial score (nSPS) is 12.4. The summed E-state index contributed by atoms with van der Waals surface area (Å²) < 4.78 is 19.5. The second-order valence-electron chi connectivity index (χ2n) is 3.51. The van der Waals surface area contributed by atoms with E-state index in [1.54, 1.807) is 18.4 Å². The smallest absolute Gasteiger partial charge is 0.147 e. The zero-order valence-corrected chi connectivity index (χ0v) is 10.3. The molecule has 1 unspecified atom stereocenters. The number of halogens is 2. The van der Waals surface area contributed by atoms with E-state index >= 15 is 0 Å². The highest BCUT2D eigenvalue weighted by Crippen LogP contribution is 2.24. The summed E-state index contributed by atoms with van der Waals surface area (Å²) in [6, 6.07) is 8.52. The maximum absolute atomic E-state index is 13.5. The average molecular weight is 284 g/mol. The number of hydrogen-bond acceptors (Lipinski definition) is 2. The monoisotopic (exact) mass is 283 g/mol. The van der Waals surface area contributed by atoms with Gasteiger partial charge in [0.15, 0.2) is 0 Å². The van der Waals surface area contributed by atoms with Crippen molar-refractivity contribution in [3.63, 3.8) is 0 Å². The van der Waals surface area contributed by atoms with Crippen molar-refractivity contribution in [2.45, 2.75) is 13.0 Å². The van der Waals surface area contributed by atoms with Gasteiger partial charge in [-0.3, -0.25) is 0 Å². The van der Waals surface area contributed by atoms with Crippen LogP contribution in [0, 0.1) is 5.82 Å². The van der Waals surface area contributed by atoms with E-state index in [-0.39, 0.29) is 11.9 Å². The van der Waals surface area contributed by atoms with Crippen molar-refractivity contribution < 1.29 is 8.81 Å². The Morgan fingerprint density at radius 2 is 2.19 bits per heavy atom. The molecule has 2 rings (SSSR count). The second kappa shape index (κ2) is 4.70. The van der Waals surface area contributed by atoms with Crippen LogP contribution < -0.4 is 5.32 Å². The highest BCUT2D eigenvalue weighted by molar-refractivity contribution is 9.10. The van der Waals surface area contributed by atoms with Gasteiger partial charge < -0.3 is 9.73 Å². The van der Waals surface area contributed by atoms with Gasteiger partial charge in [0.05, 0.1) is 18.0 Å². The maximum atomic E-state index is 13.5. The van der Waals surface area contributed by atoms with Crippen LogP contribution in [0.25, 0.3) is 0 Å². The van der Waals surface area contributed by atoms with E-state index in [2.05, 4.69) is 21.2 Å². The predicted octanol–water partition coefficient (Wildman–Crippen LogP) is 4.35. The van der Waals surface area contributed by atoms with Crippen LogP contribution in [-0.2, 0) is 0 Å². The molecular formula is C12H11BrFNO. The highest BCUT2D eigenvalue weighted by Gasteiger charge is 2.10. The van der Waals surface area contributed by atoms with Gasteiger partial charge in [-0.25, -0.2) is 4.39 Å². The highest BCUT2D eigenvalue weighted by atomic mass is 79.9. The predicted molar refractivity (Wildman–Crippen MR) is 64.8 cm³/mol. The molecule has 84 valence electrons. The largest absolute Gasteiger partial charge is 0.467 e. The van der Waals surface area contributed by atoms with Crippen LogP contribution >= 0.6 is 15.9 Å². The topological polar surface area (TPSA) is 25.2 Å². The summed E-state index contributed by atoms with van der Waals surface area (Å²) in [5.41, 5.74) is 0.465. The fourth-order valence-corrected chi connectivity index (χ4v) is 1.78. The van der Waals surface area contributed by atoms with Crippen LogP contribution in [0.2, 0.25) is 0 Å². The minimum absolute atomic E-state index is 0.0642. The molecule has 0 aliphatic rings. The molecule has 0 saturated carbocycles. The van der Waals surface area contributed by atoms with Gasteiger partial charge in [0.25, 0.3) is 0 Å². The SMILES string of the molecule is CC(Nc1ccc(Br)cc1F)c1ccco1. The number of furan rings is 1. The van der Waals surface area contributed by atoms with Crippen LogP contribution in [0.15, 0.2) is 45.5 Å². The van der Waals surface area contributed by atoms with E-state index in [4.69, 9.17) is 4.42 Å². The Kier molecular flexibility index (Phi) is 3.29. The van der Waals surface area contributed by atoms with Crippen molar-refractivity contribution in [3.8, 4) is 0 Å².